The molecule has 0 aromatic rings. The topological polar surface area (TPSA) is 17.1 Å². The Labute approximate surface area is 92.3 Å². The zero-order valence-corrected chi connectivity index (χ0v) is 9.75. The average molecular weight is 204 g/mol. The Morgan fingerprint density at radius 2 is 2.27 bits per heavy atom. The fourth-order valence-corrected chi connectivity index (χ4v) is 3.46. The Morgan fingerprint density at radius 1 is 1.53 bits per heavy atom. The second-order valence-electron chi connectivity index (χ2n) is 5.29. The predicted molar refractivity (Wildman–Crippen MR) is 62.5 cm³/mol. The second-order valence-corrected chi connectivity index (χ2v) is 5.29. The number of ketones is 1. The molecule has 82 valence electrons. The third-order valence-electron chi connectivity index (χ3n) is 4.43. The highest BCUT2D eigenvalue weighted by atomic mass is 16.1. The molecule has 0 saturated heterocycles. The van der Waals surface area contributed by atoms with Gasteiger partial charge in [-0.1, -0.05) is 25.2 Å². The normalized spacial score (nSPS) is 40.0. The molecule has 1 saturated carbocycles. The van der Waals surface area contributed by atoms with E-state index in [1.165, 1.54) is 18.4 Å². The maximum atomic E-state index is 11.3. The summed E-state index contributed by atoms with van der Waals surface area (Å²) >= 11 is 0. The van der Waals surface area contributed by atoms with Crippen molar-refractivity contribution < 1.29 is 4.79 Å². The maximum absolute atomic E-state index is 11.3. The van der Waals surface area contributed by atoms with Crippen molar-refractivity contribution in [2.75, 3.05) is 0 Å². The van der Waals surface area contributed by atoms with Gasteiger partial charge in [-0.05, 0) is 49.5 Å². The SMILES string of the molecule is C=C(C)C1CCC(C)C12C=CC(=O)CC2. The van der Waals surface area contributed by atoms with Crippen LogP contribution >= 0.6 is 0 Å². The summed E-state index contributed by atoms with van der Waals surface area (Å²) in [6.07, 6.45) is 8.27. The molecule has 2 aliphatic carbocycles. The van der Waals surface area contributed by atoms with Crippen LogP contribution in [0.25, 0.3) is 0 Å². The van der Waals surface area contributed by atoms with Crippen molar-refractivity contribution in [2.24, 2.45) is 17.3 Å². The second kappa shape index (κ2) is 3.62. The smallest absolute Gasteiger partial charge is 0.155 e. The first-order chi connectivity index (χ1) is 7.06. The summed E-state index contributed by atoms with van der Waals surface area (Å²) in [5.41, 5.74) is 1.54. The van der Waals surface area contributed by atoms with Crippen LogP contribution in [0.4, 0.5) is 0 Å². The summed E-state index contributed by atoms with van der Waals surface area (Å²) in [4.78, 5) is 11.3. The van der Waals surface area contributed by atoms with E-state index in [0.29, 0.717) is 17.6 Å². The molecule has 1 fully saturated rings. The number of carbonyl (C=O) groups is 1. The van der Waals surface area contributed by atoms with Gasteiger partial charge >= 0.3 is 0 Å². The molecule has 0 bridgehead atoms. The van der Waals surface area contributed by atoms with Crippen LogP contribution in [-0.4, -0.2) is 5.78 Å². The number of hydrogen-bond acceptors (Lipinski definition) is 1. The van der Waals surface area contributed by atoms with Gasteiger partial charge in [-0.2, -0.15) is 0 Å². The van der Waals surface area contributed by atoms with E-state index in [1.807, 2.05) is 0 Å². The quantitative estimate of drug-likeness (QED) is 0.597. The van der Waals surface area contributed by atoms with Crippen molar-refractivity contribution in [2.45, 2.75) is 39.5 Å². The van der Waals surface area contributed by atoms with Gasteiger partial charge in [0, 0.05) is 6.42 Å². The van der Waals surface area contributed by atoms with Gasteiger partial charge in [-0.3, -0.25) is 4.79 Å². The highest BCUT2D eigenvalue weighted by Crippen LogP contribution is 2.55. The van der Waals surface area contributed by atoms with Gasteiger partial charge in [0.05, 0.1) is 0 Å². The minimum atomic E-state index is 0.250. The van der Waals surface area contributed by atoms with Gasteiger partial charge in [-0.25, -0.2) is 0 Å². The van der Waals surface area contributed by atoms with E-state index in [2.05, 4.69) is 26.5 Å². The molecule has 1 nitrogen and oxygen atoms in total. The lowest BCUT2D eigenvalue weighted by molar-refractivity contribution is -0.115. The molecule has 0 heterocycles. The first-order valence-electron chi connectivity index (χ1n) is 5.94. The van der Waals surface area contributed by atoms with Crippen LogP contribution in [0.15, 0.2) is 24.3 Å². The van der Waals surface area contributed by atoms with Gasteiger partial charge in [0.25, 0.3) is 0 Å². The number of hydrogen-bond donors (Lipinski definition) is 0. The first kappa shape index (κ1) is 10.7. The number of rotatable bonds is 1. The van der Waals surface area contributed by atoms with Crippen LogP contribution in [0, 0.1) is 17.3 Å². The third-order valence-corrected chi connectivity index (χ3v) is 4.43. The lowest BCUT2D eigenvalue weighted by Gasteiger charge is -2.39. The van der Waals surface area contributed by atoms with Crippen LogP contribution in [0.3, 0.4) is 0 Å². The standard InChI is InChI=1S/C14H20O/c1-10(2)13-5-4-11(3)14(13)8-6-12(15)7-9-14/h6,8,11,13H,1,4-5,7,9H2,2-3H3. The van der Waals surface area contributed by atoms with Crippen molar-refractivity contribution in [3.63, 3.8) is 0 Å². The summed E-state index contributed by atoms with van der Waals surface area (Å²) in [5.74, 6) is 1.58. The number of carbonyl (C=O) groups excluding carboxylic acids is 1. The highest BCUT2D eigenvalue weighted by Gasteiger charge is 2.47. The molecular weight excluding hydrogens is 184 g/mol. The monoisotopic (exact) mass is 204 g/mol. The van der Waals surface area contributed by atoms with Crippen LogP contribution in [-0.2, 0) is 4.79 Å². The van der Waals surface area contributed by atoms with Crippen molar-refractivity contribution in [1.29, 1.82) is 0 Å². The Balaban J connectivity index is 2.34. The molecule has 0 aliphatic heterocycles. The Morgan fingerprint density at radius 3 is 2.80 bits per heavy atom. The third kappa shape index (κ3) is 1.58. The van der Waals surface area contributed by atoms with E-state index >= 15 is 0 Å². The molecule has 1 heteroatoms. The van der Waals surface area contributed by atoms with Crippen LogP contribution in [0.2, 0.25) is 0 Å². The molecule has 1 spiro atoms. The summed E-state index contributed by atoms with van der Waals surface area (Å²) in [6, 6.07) is 0. The summed E-state index contributed by atoms with van der Waals surface area (Å²) in [6.45, 7) is 8.58. The summed E-state index contributed by atoms with van der Waals surface area (Å²) < 4.78 is 0. The minimum absolute atomic E-state index is 0.250. The molecule has 0 aromatic heterocycles. The van der Waals surface area contributed by atoms with Crippen molar-refractivity contribution in [3.8, 4) is 0 Å². The molecule has 2 aliphatic rings. The molecule has 3 atom stereocenters. The fourth-order valence-electron chi connectivity index (χ4n) is 3.46. The van der Waals surface area contributed by atoms with Gasteiger partial charge in [0.2, 0.25) is 0 Å². The van der Waals surface area contributed by atoms with E-state index < -0.39 is 0 Å². The van der Waals surface area contributed by atoms with Gasteiger partial charge < -0.3 is 0 Å². The van der Waals surface area contributed by atoms with Gasteiger partial charge in [-0.15, -0.1) is 0 Å². The largest absolute Gasteiger partial charge is 0.295 e. The van der Waals surface area contributed by atoms with Crippen molar-refractivity contribution in [3.05, 3.63) is 24.3 Å². The maximum Gasteiger partial charge on any atom is 0.155 e. The van der Waals surface area contributed by atoms with Gasteiger partial charge in [0.1, 0.15) is 0 Å². The Kier molecular flexibility index (Phi) is 2.57. The molecule has 3 unspecified atom stereocenters. The van der Waals surface area contributed by atoms with Crippen LogP contribution in [0.1, 0.15) is 39.5 Å². The highest BCUT2D eigenvalue weighted by molar-refractivity contribution is 5.90. The lowest BCUT2D eigenvalue weighted by atomic mass is 9.65. The zero-order valence-electron chi connectivity index (χ0n) is 9.75. The number of allylic oxidation sites excluding steroid dienone is 3. The molecule has 2 rings (SSSR count). The zero-order chi connectivity index (χ0) is 11.1. The molecule has 0 amide bonds. The van der Waals surface area contributed by atoms with E-state index in [-0.39, 0.29) is 5.41 Å². The van der Waals surface area contributed by atoms with Crippen LogP contribution in [0.5, 0.6) is 0 Å². The Bertz CT molecular complexity index is 326. The van der Waals surface area contributed by atoms with Crippen molar-refractivity contribution >= 4 is 5.78 Å². The summed E-state index contributed by atoms with van der Waals surface area (Å²) in [5, 5.41) is 0. The van der Waals surface area contributed by atoms with E-state index in [9.17, 15) is 4.79 Å². The molecule has 0 aromatic carbocycles. The molecule has 0 radical (unpaired) electrons. The molecule has 15 heavy (non-hydrogen) atoms. The predicted octanol–water partition coefficient (Wildman–Crippen LogP) is 3.51. The minimum Gasteiger partial charge on any atom is -0.295 e. The molecule has 0 N–H and O–H groups in total. The molecular formula is C14H20O. The van der Waals surface area contributed by atoms with Crippen LogP contribution < -0.4 is 0 Å². The van der Waals surface area contributed by atoms with E-state index in [1.54, 1.807) is 6.08 Å². The lowest BCUT2D eigenvalue weighted by Crippen LogP contribution is -2.32. The first-order valence-corrected chi connectivity index (χ1v) is 5.94. The average Bonchev–Trinajstić information content (AvgIpc) is 2.50. The summed E-state index contributed by atoms with van der Waals surface area (Å²) in [7, 11) is 0. The fraction of sp³-hybridized carbons (Fsp3) is 0.643. The van der Waals surface area contributed by atoms with Crippen molar-refractivity contribution in [1.82, 2.24) is 0 Å². The Hall–Kier alpha value is -0.850. The van der Waals surface area contributed by atoms with E-state index in [0.717, 1.165) is 12.8 Å². The van der Waals surface area contributed by atoms with Gasteiger partial charge in [0.15, 0.2) is 5.78 Å². The van der Waals surface area contributed by atoms with E-state index in [4.69, 9.17) is 0 Å².